The molecule has 0 saturated heterocycles. The summed E-state index contributed by atoms with van der Waals surface area (Å²) in [5, 5.41) is 8.85. The van der Waals surface area contributed by atoms with Gasteiger partial charge in [0.2, 0.25) is 0 Å². The Kier molecular flexibility index (Phi) is 2.87. The zero-order valence-electron chi connectivity index (χ0n) is 8.81. The molecule has 0 fully saturated rings. The van der Waals surface area contributed by atoms with Crippen molar-refractivity contribution in [1.29, 1.82) is 5.26 Å². The van der Waals surface area contributed by atoms with E-state index in [2.05, 4.69) is 16.0 Å². The van der Waals surface area contributed by atoms with E-state index in [1.807, 2.05) is 25.9 Å². The van der Waals surface area contributed by atoms with Crippen LogP contribution in [0.25, 0.3) is 0 Å². The Hall–Kier alpha value is -1.83. The van der Waals surface area contributed by atoms with Crippen LogP contribution in [0.4, 0.5) is 5.82 Å². The van der Waals surface area contributed by atoms with E-state index in [0.717, 1.165) is 5.84 Å². The van der Waals surface area contributed by atoms with E-state index in [9.17, 15) is 0 Å². The van der Waals surface area contributed by atoms with Crippen molar-refractivity contribution in [3.8, 4) is 6.07 Å². The summed E-state index contributed by atoms with van der Waals surface area (Å²) in [6.45, 7) is 1.87. The lowest BCUT2D eigenvalue weighted by molar-refractivity contribution is 0.618. The monoisotopic (exact) mass is 191 g/mol. The Bertz CT molecular complexity index is 394. The van der Waals surface area contributed by atoms with Crippen molar-refractivity contribution in [1.82, 2.24) is 14.5 Å². The molecule has 0 saturated carbocycles. The zero-order valence-corrected chi connectivity index (χ0v) is 8.81. The second-order valence-electron chi connectivity index (χ2n) is 3.19. The summed E-state index contributed by atoms with van der Waals surface area (Å²) in [7, 11) is 5.57. The highest BCUT2D eigenvalue weighted by Crippen LogP contribution is 2.14. The highest BCUT2D eigenvalue weighted by atomic mass is 15.2. The SMILES string of the molecule is CC(=Nc1ncn(C)c1C#N)N(C)C. The van der Waals surface area contributed by atoms with Crippen LogP contribution in [-0.4, -0.2) is 34.4 Å². The van der Waals surface area contributed by atoms with Gasteiger partial charge in [-0.3, -0.25) is 0 Å². The molecule has 1 aromatic rings. The van der Waals surface area contributed by atoms with Gasteiger partial charge in [0, 0.05) is 21.1 Å². The number of aromatic nitrogens is 2. The van der Waals surface area contributed by atoms with Gasteiger partial charge in [0.05, 0.1) is 6.33 Å². The topological polar surface area (TPSA) is 57.2 Å². The molecule has 5 heteroatoms. The van der Waals surface area contributed by atoms with Crippen molar-refractivity contribution in [3.05, 3.63) is 12.0 Å². The maximum absolute atomic E-state index is 8.85. The third-order valence-electron chi connectivity index (χ3n) is 1.94. The summed E-state index contributed by atoms with van der Waals surface area (Å²) in [5.41, 5.74) is 0.478. The minimum absolute atomic E-state index is 0.473. The Morgan fingerprint density at radius 3 is 2.79 bits per heavy atom. The first-order chi connectivity index (χ1) is 6.56. The molecule has 0 aliphatic heterocycles. The molecule has 1 heterocycles. The van der Waals surface area contributed by atoms with Gasteiger partial charge in [0.1, 0.15) is 11.9 Å². The van der Waals surface area contributed by atoms with Gasteiger partial charge in [0.25, 0.3) is 0 Å². The van der Waals surface area contributed by atoms with Gasteiger partial charge < -0.3 is 9.47 Å². The molecular weight excluding hydrogens is 178 g/mol. The van der Waals surface area contributed by atoms with Crippen molar-refractivity contribution in [2.75, 3.05) is 14.1 Å². The molecule has 0 aliphatic carbocycles. The van der Waals surface area contributed by atoms with E-state index in [1.54, 1.807) is 17.9 Å². The Labute approximate surface area is 83.3 Å². The average Bonchev–Trinajstić information content (AvgIpc) is 2.46. The van der Waals surface area contributed by atoms with Crippen LogP contribution in [0.2, 0.25) is 0 Å². The molecule has 1 aromatic heterocycles. The Morgan fingerprint density at radius 2 is 2.29 bits per heavy atom. The van der Waals surface area contributed by atoms with Crippen LogP contribution >= 0.6 is 0 Å². The van der Waals surface area contributed by atoms with Crippen LogP contribution in [0.15, 0.2) is 11.3 Å². The largest absolute Gasteiger partial charge is 0.366 e. The van der Waals surface area contributed by atoms with Crippen molar-refractivity contribution in [2.45, 2.75) is 6.92 Å². The van der Waals surface area contributed by atoms with Gasteiger partial charge in [-0.1, -0.05) is 0 Å². The first-order valence-electron chi connectivity index (χ1n) is 4.20. The van der Waals surface area contributed by atoms with E-state index in [-0.39, 0.29) is 0 Å². The smallest absolute Gasteiger partial charge is 0.190 e. The highest BCUT2D eigenvalue weighted by molar-refractivity contribution is 5.82. The van der Waals surface area contributed by atoms with Crippen LogP contribution < -0.4 is 0 Å². The molecule has 0 radical (unpaired) electrons. The number of hydrogen-bond donors (Lipinski definition) is 0. The lowest BCUT2D eigenvalue weighted by Gasteiger charge is -2.09. The van der Waals surface area contributed by atoms with Gasteiger partial charge in [0.15, 0.2) is 11.5 Å². The van der Waals surface area contributed by atoms with Crippen LogP contribution in [0.5, 0.6) is 0 Å². The van der Waals surface area contributed by atoms with Crippen molar-refractivity contribution in [3.63, 3.8) is 0 Å². The lowest BCUT2D eigenvalue weighted by Crippen LogP contribution is -2.17. The van der Waals surface area contributed by atoms with Crippen molar-refractivity contribution < 1.29 is 0 Å². The lowest BCUT2D eigenvalue weighted by atomic mass is 10.4. The molecule has 1 rings (SSSR count). The third-order valence-corrected chi connectivity index (χ3v) is 1.94. The Morgan fingerprint density at radius 1 is 1.64 bits per heavy atom. The minimum Gasteiger partial charge on any atom is -0.366 e. The van der Waals surface area contributed by atoms with Gasteiger partial charge >= 0.3 is 0 Å². The zero-order chi connectivity index (χ0) is 10.7. The predicted octanol–water partition coefficient (Wildman–Crippen LogP) is 0.903. The maximum Gasteiger partial charge on any atom is 0.190 e. The summed E-state index contributed by atoms with van der Waals surface area (Å²) < 4.78 is 1.65. The maximum atomic E-state index is 8.85. The molecule has 0 unspecified atom stereocenters. The van der Waals surface area contributed by atoms with E-state index < -0.39 is 0 Å². The molecule has 0 amide bonds. The van der Waals surface area contributed by atoms with E-state index >= 15 is 0 Å². The molecule has 14 heavy (non-hydrogen) atoms. The molecule has 0 bridgehead atoms. The molecule has 0 spiro atoms. The molecule has 0 aromatic carbocycles. The quantitative estimate of drug-likeness (QED) is 0.489. The third kappa shape index (κ3) is 1.91. The first-order valence-corrected chi connectivity index (χ1v) is 4.20. The molecule has 0 atom stereocenters. The molecule has 5 nitrogen and oxygen atoms in total. The van der Waals surface area contributed by atoms with E-state index in [0.29, 0.717) is 11.5 Å². The van der Waals surface area contributed by atoms with Crippen molar-refractivity contribution >= 4 is 11.7 Å². The summed E-state index contributed by atoms with van der Waals surface area (Å²) >= 11 is 0. The van der Waals surface area contributed by atoms with E-state index in [1.165, 1.54) is 0 Å². The summed E-state index contributed by atoms with van der Waals surface area (Å²) in [6, 6.07) is 2.06. The van der Waals surface area contributed by atoms with Crippen LogP contribution in [0.3, 0.4) is 0 Å². The standard InChI is InChI=1S/C9H13N5/c1-7(13(2)3)12-9-8(5-10)14(4)6-11-9/h6H,1-4H3. The number of aliphatic imine (C=N–C) groups is 1. The molecular formula is C9H13N5. The molecule has 0 N–H and O–H groups in total. The van der Waals surface area contributed by atoms with Gasteiger partial charge in [-0.2, -0.15) is 5.26 Å². The molecule has 74 valence electrons. The first kappa shape index (κ1) is 10.3. The van der Waals surface area contributed by atoms with Crippen LogP contribution in [-0.2, 0) is 7.05 Å². The predicted molar refractivity (Wildman–Crippen MR) is 54.4 cm³/mol. The fraction of sp³-hybridized carbons (Fsp3) is 0.444. The van der Waals surface area contributed by atoms with Crippen LogP contribution in [0, 0.1) is 11.3 Å². The van der Waals surface area contributed by atoms with Crippen LogP contribution in [0.1, 0.15) is 12.6 Å². The number of imidazole rings is 1. The van der Waals surface area contributed by atoms with Crippen molar-refractivity contribution in [2.24, 2.45) is 12.0 Å². The summed E-state index contributed by atoms with van der Waals surface area (Å²) in [5.74, 6) is 1.29. The number of hydrogen-bond acceptors (Lipinski definition) is 3. The number of aryl methyl sites for hydroxylation is 1. The van der Waals surface area contributed by atoms with Gasteiger partial charge in [-0.15, -0.1) is 0 Å². The average molecular weight is 191 g/mol. The number of nitrogens with zero attached hydrogens (tertiary/aromatic N) is 5. The van der Waals surface area contributed by atoms with E-state index in [4.69, 9.17) is 5.26 Å². The fourth-order valence-corrected chi connectivity index (χ4v) is 0.882. The fourth-order valence-electron chi connectivity index (χ4n) is 0.882. The summed E-state index contributed by atoms with van der Waals surface area (Å²) in [6.07, 6.45) is 1.58. The minimum atomic E-state index is 0.473. The number of rotatable bonds is 1. The highest BCUT2D eigenvalue weighted by Gasteiger charge is 2.07. The number of amidine groups is 1. The normalized spacial score (nSPS) is 11.2. The second kappa shape index (κ2) is 3.92. The van der Waals surface area contributed by atoms with Gasteiger partial charge in [-0.05, 0) is 6.92 Å². The Balaban J connectivity index is 3.10. The van der Waals surface area contributed by atoms with Gasteiger partial charge in [-0.25, -0.2) is 9.98 Å². The second-order valence-corrected chi connectivity index (χ2v) is 3.19. The number of nitriles is 1. The molecule has 0 aliphatic rings. The summed E-state index contributed by atoms with van der Waals surface area (Å²) in [4.78, 5) is 10.1.